The van der Waals surface area contributed by atoms with Crippen LogP contribution in [0.15, 0.2) is 24.5 Å². The van der Waals surface area contributed by atoms with E-state index in [0.29, 0.717) is 11.6 Å². The number of hydrogen-bond donors (Lipinski definition) is 1. The van der Waals surface area contributed by atoms with Crippen LogP contribution in [0.2, 0.25) is 0 Å². The van der Waals surface area contributed by atoms with Crippen molar-refractivity contribution in [2.24, 2.45) is 0 Å². The second-order valence-electron chi connectivity index (χ2n) is 4.18. The first-order valence-electron chi connectivity index (χ1n) is 5.53. The van der Waals surface area contributed by atoms with E-state index in [1.54, 1.807) is 12.1 Å². The molecule has 0 radical (unpaired) electrons. The maximum Gasteiger partial charge on any atom is 0.335 e. The quantitative estimate of drug-likeness (QED) is 0.886. The van der Waals surface area contributed by atoms with E-state index >= 15 is 0 Å². The van der Waals surface area contributed by atoms with Gasteiger partial charge in [-0.15, -0.1) is 0 Å². The average molecular weight is 248 g/mol. The summed E-state index contributed by atoms with van der Waals surface area (Å²) in [5.74, 6) is 1.40. The minimum absolute atomic E-state index is 0.295. The fourth-order valence-corrected chi connectivity index (χ4v) is 3.40. The largest absolute Gasteiger partial charge is 0.478 e. The van der Waals surface area contributed by atoms with Crippen molar-refractivity contribution in [1.82, 2.24) is 9.55 Å². The molecule has 1 N–H and O–H groups in total. The molecular formula is C12H12N2O2S. The lowest BCUT2D eigenvalue weighted by Gasteiger charge is -2.11. The van der Waals surface area contributed by atoms with Crippen LogP contribution >= 0.6 is 11.8 Å². The van der Waals surface area contributed by atoms with Crippen LogP contribution in [0.4, 0.5) is 0 Å². The highest BCUT2D eigenvalue weighted by Gasteiger charge is 2.19. The minimum atomic E-state index is -0.905. The van der Waals surface area contributed by atoms with Crippen molar-refractivity contribution in [3.63, 3.8) is 0 Å². The number of nitrogens with zero attached hydrogens (tertiary/aromatic N) is 2. The van der Waals surface area contributed by atoms with Gasteiger partial charge in [-0.25, -0.2) is 9.78 Å². The van der Waals surface area contributed by atoms with E-state index in [-0.39, 0.29) is 0 Å². The topological polar surface area (TPSA) is 55.1 Å². The van der Waals surface area contributed by atoms with E-state index in [1.807, 2.05) is 24.2 Å². The predicted octanol–water partition coefficient (Wildman–Crippen LogP) is 2.41. The minimum Gasteiger partial charge on any atom is -0.478 e. The van der Waals surface area contributed by atoms with Gasteiger partial charge in [-0.3, -0.25) is 0 Å². The molecule has 1 aromatic heterocycles. The lowest BCUT2D eigenvalue weighted by Crippen LogP contribution is -2.06. The highest BCUT2D eigenvalue weighted by atomic mass is 32.2. The first-order chi connectivity index (χ1) is 8.25. The van der Waals surface area contributed by atoms with E-state index in [9.17, 15) is 4.79 Å². The van der Waals surface area contributed by atoms with Crippen molar-refractivity contribution in [2.75, 3.05) is 11.5 Å². The molecule has 0 spiro atoms. The van der Waals surface area contributed by atoms with Gasteiger partial charge < -0.3 is 9.67 Å². The Morgan fingerprint density at radius 3 is 3.12 bits per heavy atom. The van der Waals surface area contributed by atoms with Gasteiger partial charge in [0.25, 0.3) is 0 Å². The fourth-order valence-electron chi connectivity index (χ4n) is 2.20. The van der Waals surface area contributed by atoms with Crippen LogP contribution in [0.5, 0.6) is 0 Å². The maximum absolute atomic E-state index is 10.9. The van der Waals surface area contributed by atoms with Gasteiger partial charge in [0.1, 0.15) is 0 Å². The molecule has 88 valence electrons. The van der Waals surface area contributed by atoms with Crippen LogP contribution in [0, 0.1) is 0 Å². The first kappa shape index (κ1) is 10.7. The molecule has 5 heteroatoms. The predicted molar refractivity (Wildman–Crippen MR) is 67.7 cm³/mol. The summed E-state index contributed by atoms with van der Waals surface area (Å²) < 4.78 is 2.17. The number of aromatic nitrogens is 2. The van der Waals surface area contributed by atoms with Gasteiger partial charge in [-0.2, -0.15) is 11.8 Å². The van der Waals surface area contributed by atoms with Gasteiger partial charge in [0.15, 0.2) is 0 Å². The monoisotopic (exact) mass is 248 g/mol. The summed E-state index contributed by atoms with van der Waals surface area (Å²) in [6.45, 7) is 0. The summed E-state index contributed by atoms with van der Waals surface area (Å²) in [7, 11) is 0. The number of benzene rings is 1. The van der Waals surface area contributed by atoms with Crippen molar-refractivity contribution in [2.45, 2.75) is 12.5 Å². The Bertz CT molecular complexity index is 573. The Balaban J connectivity index is 2.07. The summed E-state index contributed by atoms with van der Waals surface area (Å²) >= 11 is 1.95. The number of thioether (sulfide) groups is 1. The zero-order valence-electron chi connectivity index (χ0n) is 9.17. The molecule has 0 amide bonds. The molecule has 0 saturated carbocycles. The smallest absolute Gasteiger partial charge is 0.335 e. The molecule has 2 heterocycles. The van der Waals surface area contributed by atoms with Crippen LogP contribution in [-0.2, 0) is 0 Å². The number of carboxylic acid groups (broad SMARTS) is 1. The van der Waals surface area contributed by atoms with Crippen molar-refractivity contribution >= 4 is 28.8 Å². The van der Waals surface area contributed by atoms with E-state index in [1.165, 1.54) is 5.75 Å². The van der Waals surface area contributed by atoms with Crippen molar-refractivity contribution in [1.29, 1.82) is 0 Å². The molecule has 3 rings (SSSR count). The molecule has 1 aliphatic heterocycles. The normalized spacial score (nSPS) is 19.9. The molecule has 1 unspecified atom stereocenters. The van der Waals surface area contributed by atoms with Gasteiger partial charge in [-0.05, 0) is 30.4 Å². The standard InChI is InChI=1S/C12H12N2O2S/c15-12(16)8-1-2-11-10(5-8)13-7-14(11)9-3-4-17-6-9/h1-2,5,7,9H,3-4,6H2,(H,15,16). The molecule has 1 aliphatic rings. The molecule has 0 aliphatic carbocycles. The second-order valence-corrected chi connectivity index (χ2v) is 5.33. The Morgan fingerprint density at radius 2 is 2.41 bits per heavy atom. The maximum atomic E-state index is 10.9. The third-order valence-corrected chi connectivity index (χ3v) is 4.27. The molecule has 17 heavy (non-hydrogen) atoms. The Labute approximate surface area is 103 Å². The molecule has 2 aromatic rings. The first-order valence-corrected chi connectivity index (χ1v) is 6.69. The SMILES string of the molecule is O=C(O)c1ccc2c(c1)ncn2C1CCSC1. The van der Waals surface area contributed by atoms with Crippen LogP contribution in [0.1, 0.15) is 22.8 Å². The Kier molecular flexibility index (Phi) is 2.55. The lowest BCUT2D eigenvalue weighted by atomic mass is 10.2. The van der Waals surface area contributed by atoms with Crippen molar-refractivity contribution in [3.05, 3.63) is 30.1 Å². The van der Waals surface area contributed by atoms with E-state index in [0.717, 1.165) is 23.2 Å². The fraction of sp³-hybridized carbons (Fsp3) is 0.333. The number of carboxylic acids is 1. The Morgan fingerprint density at radius 1 is 1.53 bits per heavy atom. The summed E-state index contributed by atoms with van der Waals surface area (Å²) in [6, 6.07) is 5.64. The van der Waals surface area contributed by atoms with Crippen LogP contribution < -0.4 is 0 Å². The summed E-state index contributed by atoms with van der Waals surface area (Å²) in [5.41, 5.74) is 2.09. The number of hydrogen-bond acceptors (Lipinski definition) is 3. The van der Waals surface area contributed by atoms with Crippen LogP contribution in [-0.4, -0.2) is 32.1 Å². The van der Waals surface area contributed by atoms with Gasteiger partial charge in [0.05, 0.1) is 22.9 Å². The van der Waals surface area contributed by atoms with Gasteiger partial charge in [-0.1, -0.05) is 0 Å². The van der Waals surface area contributed by atoms with Gasteiger partial charge in [0.2, 0.25) is 0 Å². The van der Waals surface area contributed by atoms with Gasteiger partial charge >= 0.3 is 5.97 Å². The third kappa shape index (κ3) is 1.80. The molecular weight excluding hydrogens is 236 g/mol. The zero-order valence-corrected chi connectivity index (χ0v) is 9.98. The molecule has 1 saturated heterocycles. The summed E-state index contributed by atoms with van der Waals surface area (Å²) in [5, 5.41) is 8.92. The summed E-state index contributed by atoms with van der Waals surface area (Å²) in [4.78, 5) is 15.2. The van der Waals surface area contributed by atoms with E-state index in [4.69, 9.17) is 5.11 Å². The second kappa shape index (κ2) is 4.07. The Hall–Kier alpha value is -1.49. The number of rotatable bonds is 2. The number of carbonyl (C=O) groups is 1. The van der Waals surface area contributed by atoms with Gasteiger partial charge in [0, 0.05) is 11.8 Å². The highest BCUT2D eigenvalue weighted by molar-refractivity contribution is 7.99. The summed E-state index contributed by atoms with van der Waals surface area (Å²) in [6.07, 6.45) is 2.99. The van der Waals surface area contributed by atoms with Crippen LogP contribution in [0.3, 0.4) is 0 Å². The number of aromatic carboxylic acids is 1. The molecule has 4 nitrogen and oxygen atoms in total. The van der Waals surface area contributed by atoms with Crippen molar-refractivity contribution < 1.29 is 9.90 Å². The number of imidazole rings is 1. The van der Waals surface area contributed by atoms with Crippen LogP contribution in [0.25, 0.3) is 11.0 Å². The lowest BCUT2D eigenvalue weighted by molar-refractivity contribution is 0.0697. The molecule has 0 bridgehead atoms. The van der Waals surface area contributed by atoms with Crippen molar-refractivity contribution in [3.8, 4) is 0 Å². The van der Waals surface area contributed by atoms with E-state index in [2.05, 4.69) is 9.55 Å². The molecule has 1 aromatic carbocycles. The average Bonchev–Trinajstić information content (AvgIpc) is 2.96. The van der Waals surface area contributed by atoms with E-state index < -0.39 is 5.97 Å². The number of fused-ring (bicyclic) bond motifs is 1. The zero-order chi connectivity index (χ0) is 11.8. The molecule has 1 fully saturated rings. The highest BCUT2D eigenvalue weighted by Crippen LogP contribution is 2.30. The molecule has 1 atom stereocenters. The third-order valence-electron chi connectivity index (χ3n) is 3.12.